The van der Waals surface area contributed by atoms with Crippen molar-refractivity contribution in [3.63, 3.8) is 0 Å². The zero-order valence-corrected chi connectivity index (χ0v) is 57.4. The third-order valence-corrected chi connectivity index (χ3v) is 18.6. The molecule has 4 aliphatic carbocycles. The summed E-state index contributed by atoms with van der Waals surface area (Å²) in [6.45, 7) is 9.61. The van der Waals surface area contributed by atoms with E-state index in [0.717, 1.165) is 0 Å². The van der Waals surface area contributed by atoms with Crippen molar-refractivity contribution in [1.82, 2.24) is 47.9 Å². The fraction of sp³-hybridized carbons (Fsp3) is 0.635. The predicted molar refractivity (Wildman–Crippen MR) is 390 cm³/mol. The SMILES string of the molecule is C.C.C.C.C.C.CCC(C)(CC(C)(CC(C)(C)C(=O)NCC(=O)NCC(=O)NCC(C)=O)C(=O)NC(C)O)C(=O)NCC(=O)NC(Cc1ccccc1)C(=O)NC(CC(C)C)C(=O)NCC(=O)NC1CC(OC2C[C@](O)(C(=O)CO)CC3C(O)=C4C(=O)C5C=CC=C(OC)C5C(=O)C4=C(O)C23)OCC1O. The Hall–Kier alpha value is -8.75. The lowest BCUT2D eigenvalue weighted by molar-refractivity contribution is -0.240. The smallest absolute Gasteiger partial charge is 0.243 e. The maximum atomic E-state index is 14.4. The highest BCUT2D eigenvalue weighted by atomic mass is 16.7. The molecule has 6 rings (SSSR count). The third kappa shape index (κ3) is 24.4. The van der Waals surface area contributed by atoms with E-state index in [1.165, 1.54) is 60.0 Å². The van der Waals surface area contributed by atoms with Gasteiger partial charge in [0.1, 0.15) is 53.6 Å². The zero-order valence-electron chi connectivity index (χ0n) is 57.4. The Morgan fingerprint density at radius 2 is 1.27 bits per heavy atom. The monoisotopic (exact) mass is 1490 g/mol. The Morgan fingerprint density at radius 1 is 0.686 bits per heavy atom. The Balaban J connectivity index is 0.0000180. The number of ether oxygens (including phenoxy) is 3. The first-order chi connectivity index (χ1) is 46.4. The van der Waals surface area contributed by atoms with Gasteiger partial charge in [-0.2, -0.15) is 0 Å². The average molecular weight is 1490 g/mol. The molecule has 15 N–H and O–H groups in total. The van der Waals surface area contributed by atoms with Crippen LogP contribution in [-0.2, 0) is 83.0 Å². The quantitative estimate of drug-likeness (QED) is 0.0449. The zero-order chi connectivity index (χ0) is 73.6. The molecule has 31 nitrogen and oxygen atoms in total. The molecule has 105 heavy (non-hydrogen) atoms. The molecule has 13 unspecified atom stereocenters. The standard InChI is InChI=1S/C68H95N9O22.6CH4/c1-11-66(8,33-67(9,64(95)74-36(5)80)32-65(6,7)62(93)72-27-48(84)70-26-47(83)69-25-35(4)79)63(94)73-29-50(86)76-42(21-37-16-13-12-14-17-37)61(92)77-41(20-34(2)3)60(91)71-28-49(85)75-40-22-51(98-31-43(40)81)99-45-24-68(96,46(82)30-78)23-39-53(45)59(90)55-54(57(39)88)56(87)38-18-15-19-44(97-10)52(38)58(55)89;;;;;;/h12-19,34,36,38-43,45,51-53,78,80-81,88,90,96H,11,20-33H2,1-10H3,(H,69,83)(H,70,84)(H,71,91)(H,72,93)(H,73,94)(H,74,95)(H,75,85)(H,76,86)(H,77,92);6*1H4/t36?,38?,39?,40?,41?,42?,43?,45?,51?,52?,53?,66?,67?,68-;;;;;;/m0....../s1. The van der Waals surface area contributed by atoms with Crippen LogP contribution >= 0.6 is 0 Å². The van der Waals surface area contributed by atoms with Crippen LogP contribution in [0.4, 0.5) is 0 Å². The summed E-state index contributed by atoms with van der Waals surface area (Å²) < 4.78 is 17.5. The van der Waals surface area contributed by atoms with Crippen molar-refractivity contribution in [2.24, 2.45) is 45.8 Å². The second-order valence-corrected chi connectivity index (χ2v) is 27.7. The van der Waals surface area contributed by atoms with Gasteiger partial charge >= 0.3 is 0 Å². The topological polar surface area (TPSA) is 479 Å². The number of carbonyl (C=O) groups excluding carboxylic acids is 13. The Bertz CT molecular complexity index is 3400. The summed E-state index contributed by atoms with van der Waals surface area (Å²) >= 11 is 0. The molecule has 1 saturated heterocycles. The number of fused-ring (bicyclic) bond motifs is 3. The van der Waals surface area contributed by atoms with Gasteiger partial charge in [-0.25, -0.2) is 0 Å². The second kappa shape index (κ2) is 41.2. The molecule has 2 saturated carbocycles. The first-order valence-corrected chi connectivity index (χ1v) is 32.9. The number of carbonyl (C=O) groups is 13. The Morgan fingerprint density at radius 3 is 1.85 bits per heavy atom. The van der Waals surface area contributed by atoms with E-state index in [1.54, 1.807) is 58.0 Å². The first-order valence-electron chi connectivity index (χ1n) is 32.9. The van der Waals surface area contributed by atoms with E-state index in [4.69, 9.17) is 14.2 Å². The molecule has 3 fully saturated rings. The summed E-state index contributed by atoms with van der Waals surface area (Å²) in [5.74, 6) is -16.1. The highest BCUT2D eigenvalue weighted by Gasteiger charge is 2.60. The van der Waals surface area contributed by atoms with Gasteiger partial charge in [0, 0.05) is 41.4 Å². The maximum absolute atomic E-state index is 14.4. The van der Waals surface area contributed by atoms with E-state index in [-0.39, 0.29) is 107 Å². The van der Waals surface area contributed by atoms with Gasteiger partial charge < -0.3 is 92.7 Å². The van der Waals surface area contributed by atoms with Crippen molar-refractivity contribution in [2.45, 2.75) is 207 Å². The van der Waals surface area contributed by atoms with Crippen LogP contribution in [0.15, 0.2) is 77.0 Å². The number of hydrogen-bond acceptors (Lipinski definition) is 22. The van der Waals surface area contributed by atoms with Crippen molar-refractivity contribution >= 4 is 76.3 Å². The number of benzene rings is 1. The minimum absolute atomic E-state index is 0. The molecule has 9 amide bonds. The fourth-order valence-corrected chi connectivity index (χ4v) is 13.4. The molecule has 1 aromatic carbocycles. The molecule has 1 aromatic rings. The van der Waals surface area contributed by atoms with Crippen LogP contribution in [0.2, 0.25) is 0 Å². The third-order valence-electron chi connectivity index (χ3n) is 18.6. The van der Waals surface area contributed by atoms with E-state index < -0.39 is 234 Å². The minimum atomic E-state index is -2.40. The van der Waals surface area contributed by atoms with Gasteiger partial charge in [-0.05, 0) is 63.5 Å². The summed E-state index contributed by atoms with van der Waals surface area (Å²) in [4.78, 5) is 175. The fourth-order valence-electron chi connectivity index (χ4n) is 13.4. The van der Waals surface area contributed by atoms with Crippen molar-refractivity contribution < 1.29 is 107 Å². The largest absolute Gasteiger partial charge is 0.511 e. The van der Waals surface area contributed by atoms with Crippen LogP contribution in [0, 0.1) is 45.8 Å². The summed E-state index contributed by atoms with van der Waals surface area (Å²) in [6, 6.07) is 4.72. The molecule has 0 radical (unpaired) electrons. The number of rotatable bonds is 33. The van der Waals surface area contributed by atoms with Gasteiger partial charge in [-0.1, -0.05) is 136 Å². The van der Waals surface area contributed by atoms with Crippen molar-refractivity contribution in [3.8, 4) is 0 Å². The van der Waals surface area contributed by atoms with Crippen LogP contribution in [0.25, 0.3) is 0 Å². The number of Topliss-reactive ketones (excluding diaryl/α,β-unsaturated/α-hetero) is 4. The maximum Gasteiger partial charge on any atom is 0.243 e. The van der Waals surface area contributed by atoms with E-state index in [2.05, 4.69) is 47.9 Å². The van der Waals surface area contributed by atoms with Crippen LogP contribution in [0.1, 0.15) is 157 Å². The lowest BCUT2D eigenvalue weighted by atomic mass is 9.59. The van der Waals surface area contributed by atoms with Gasteiger partial charge in [0.2, 0.25) is 53.2 Å². The van der Waals surface area contributed by atoms with Crippen LogP contribution < -0.4 is 47.9 Å². The number of nitrogens with one attached hydrogen (secondary N) is 9. The molecule has 14 atom stereocenters. The summed E-state index contributed by atoms with van der Waals surface area (Å²) in [7, 11) is 1.31. The van der Waals surface area contributed by atoms with Crippen molar-refractivity contribution in [1.29, 1.82) is 0 Å². The molecule has 0 spiro atoms. The van der Waals surface area contributed by atoms with Crippen LogP contribution in [0.3, 0.4) is 0 Å². The molecular weight excluding hydrogens is 1370 g/mol. The van der Waals surface area contributed by atoms with Crippen LogP contribution in [-0.4, -0.2) is 208 Å². The first kappa shape index (κ1) is 96.2. The Kier molecular flexibility index (Phi) is 37.8. The van der Waals surface area contributed by atoms with E-state index in [9.17, 15) is 93.0 Å². The molecule has 0 bridgehead atoms. The second-order valence-electron chi connectivity index (χ2n) is 27.7. The number of aliphatic hydroxyl groups excluding tert-OH is 5. The normalized spacial score (nSPS) is 23.4. The molecule has 0 aromatic heterocycles. The van der Waals surface area contributed by atoms with Crippen LogP contribution in [0.5, 0.6) is 0 Å². The number of allylic oxidation sites excluding steroid dienone is 7. The molecule has 1 aliphatic heterocycles. The Labute approximate surface area is 617 Å². The van der Waals surface area contributed by atoms with Gasteiger partial charge in [0.05, 0.1) is 93.6 Å². The lowest BCUT2D eigenvalue weighted by Gasteiger charge is -2.49. The highest BCUT2D eigenvalue weighted by Crippen LogP contribution is 2.53. The number of amides is 9. The minimum Gasteiger partial charge on any atom is -0.511 e. The van der Waals surface area contributed by atoms with E-state index >= 15 is 0 Å². The molecular formula is C74H119N9O22. The number of methoxy groups -OCH3 is 1. The molecule has 5 aliphatic rings. The van der Waals surface area contributed by atoms with Crippen molar-refractivity contribution in [3.05, 3.63) is 82.5 Å². The average Bonchev–Trinajstić information content (AvgIpc) is 0.710. The highest BCUT2D eigenvalue weighted by molar-refractivity contribution is 6.21. The molecule has 592 valence electrons. The van der Waals surface area contributed by atoms with E-state index in [0.29, 0.717) is 5.56 Å². The molecule has 1 heterocycles. The lowest BCUT2D eigenvalue weighted by Crippen LogP contribution is -2.58. The van der Waals surface area contributed by atoms with Gasteiger partial charge in [0.15, 0.2) is 23.6 Å². The van der Waals surface area contributed by atoms with Gasteiger partial charge in [-0.3, -0.25) is 62.3 Å². The van der Waals surface area contributed by atoms with E-state index in [1.807, 2.05) is 0 Å². The number of aliphatic hydroxyl groups is 6. The summed E-state index contributed by atoms with van der Waals surface area (Å²) in [5, 5.41) is 89.5. The molecule has 31 heteroatoms. The van der Waals surface area contributed by atoms with Gasteiger partial charge in [0.25, 0.3) is 0 Å². The van der Waals surface area contributed by atoms with Crippen molar-refractivity contribution in [2.75, 3.05) is 53.0 Å². The summed E-state index contributed by atoms with van der Waals surface area (Å²) in [5.41, 5.74) is -7.20. The van der Waals surface area contributed by atoms with Gasteiger partial charge in [-0.15, -0.1) is 0 Å². The predicted octanol–water partition coefficient (Wildman–Crippen LogP) is 2.33. The summed E-state index contributed by atoms with van der Waals surface area (Å²) in [6.07, 6.45) is -3.11. The number of hydrogen-bond donors (Lipinski definition) is 15. The number of ketones is 4.